The van der Waals surface area contributed by atoms with Crippen molar-refractivity contribution in [3.8, 4) is 0 Å². The van der Waals surface area contributed by atoms with E-state index < -0.39 is 0 Å². The van der Waals surface area contributed by atoms with Gasteiger partial charge in [0, 0.05) is 38.8 Å². The predicted octanol–water partition coefficient (Wildman–Crippen LogP) is 3.04. The van der Waals surface area contributed by atoms with Crippen molar-refractivity contribution < 1.29 is 0 Å². The molecule has 0 spiro atoms. The third kappa shape index (κ3) is 5.38. The summed E-state index contributed by atoms with van der Waals surface area (Å²) < 4.78 is 1.89. The molecule has 0 saturated carbocycles. The molecule has 2 unspecified atom stereocenters. The van der Waals surface area contributed by atoms with Crippen LogP contribution in [0.3, 0.4) is 0 Å². The Morgan fingerprint density at radius 3 is 2.62 bits per heavy atom. The molecule has 1 aliphatic heterocycles. The number of nitrogens with one attached hydrogen (secondary N) is 1. The van der Waals surface area contributed by atoms with Gasteiger partial charge in [-0.15, -0.1) is 0 Å². The van der Waals surface area contributed by atoms with Gasteiger partial charge in [0.15, 0.2) is 5.96 Å². The minimum atomic E-state index is 0.270. The molecule has 1 aromatic carbocycles. The first-order valence-corrected chi connectivity index (χ1v) is 10.8. The van der Waals surface area contributed by atoms with Crippen LogP contribution >= 0.6 is 0 Å². The number of aromatic nitrogens is 2. The van der Waals surface area contributed by atoms with E-state index in [0.29, 0.717) is 5.92 Å². The monoisotopic (exact) mass is 396 g/mol. The Labute approximate surface area is 175 Å². The summed E-state index contributed by atoms with van der Waals surface area (Å²) in [6, 6.07) is 9.24. The zero-order valence-corrected chi connectivity index (χ0v) is 18.6. The second-order valence-electron chi connectivity index (χ2n) is 8.15. The Bertz CT molecular complexity index is 792. The van der Waals surface area contributed by atoms with Crippen LogP contribution in [-0.2, 0) is 13.5 Å². The lowest BCUT2D eigenvalue weighted by molar-refractivity contribution is 0.305. The maximum absolute atomic E-state index is 5.04. The molecule has 1 aromatic heterocycles. The van der Waals surface area contributed by atoms with Crippen molar-refractivity contribution in [1.29, 1.82) is 0 Å². The molecule has 0 radical (unpaired) electrons. The van der Waals surface area contributed by atoms with Gasteiger partial charge in [-0.3, -0.25) is 9.67 Å². The molecule has 2 aromatic rings. The highest BCUT2D eigenvalue weighted by Gasteiger charge is 2.27. The molecule has 1 fully saturated rings. The molecule has 1 saturated heterocycles. The molecular weight excluding hydrogens is 360 g/mol. The molecule has 0 amide bonds. The van der Waals surface area contributed by atoms with Gasteiger partial charge in [-0.05, 0) is 50.6 Å². The van der Waals surface area contributed by atoms with Crippen LogP contribution in [0.15, 0.2) is 41.7 Å². The lowest BCUT2D eigenvalue weighted by Gasteiger charge is -2.26. The standard InChI is InChI=1S/C23H36N6/c1-6-18-8-10-19(11-9-18)22(27(3)4)15-25-23(24-7-2)29-13-12-20(17-29)21-14-26-28(5)16-21/h8-11,14,16,20,22H,6-7,12-13,15,17H2,1-5H3,(H,24,25). The number of aliphatic imine (C=N–C) groups is 1. The topological polar surface area (TPSA) is 48.7 Å². The van der Waals surface area contributed by atoms with Crippen molar-refractivity contribution in [1.82, 2.24) is 24.9 Å². The first-order chi connectivity index (χ1) is 14.0. The summed E-state index contributed by atoms with van der Waals surface area (Å²) in [5.74, 6) is 1.55. The molecule has 29 heavy (non-hydrogen) atoms. The molecule has 2 heterocycles. The van der Waals surface area contributed by atoms with E-state index >= 15 is 0 Å². The predicted molar refractivity (Wildman–Crippen MR) is 120 cm³/mol. The van der Waals surface area contributed by atoms with E-state index in [1.54, 1.807) is 0 Å². The number of rotatable bonds is 7. The highest BCUT2D eigenvalue weighted by atomic mass is 15.3. The molecule has 0 bridgehead atoms. The van der Waals surface area contributed by atoms with Crippen LogP contribution in [0.1, 0.15) is 48.9 Å². The Hall–Kier alpha value is -2.34. The van der Waals surface area contributed by atoms with Crippen LogP contribution in [0.25, 0.3) is 0 Å². The van der Waals surface area contributed by atoms with Crippen LogP contribution in [0, 0.1) is 0 Å². The molecule has 158 valence electrons. The summed E-state index contributed by atoms with van der Waals surface area (Å²) in [7, 11) is 6.25. The van der Waals surface area contributed by atoms with Crippen molar-refractivity contribution >= 4 is 5.96 Å². The quantitative estimate of drug-likeness (QED) is 0.577. The summed E-state index contributed by atoms with van der Waals surface area (Å²) >= 11 is 0. The smallest absolute Gasteiger partial charge is 0.194 e. The highest BCUT2D eigenvalue weighted by molar-refractivity contribution is 5.80. The average Bonchev–Trinajstić information content (AvgIpc) is 3.36. The number of benzene rings is 1. The van der Waals surface area contributed by atoms with Crippen molar-refractivity contribution in [2.24, 2.45) is 12.0 Å². The number of aryl methyl sites for hydroxylation is 2. The zero-order chi connectivity index (χ0) is 20.8. The minimum Gasteiger partial charge on any atom is -0.357 e. The summed E-state index contributed by atoms with van der Waals surface area (Å²) in [6.45, 7) is 7.98. The van der Waals surface area contributed by atoms with E-state index in [2.05, 4.69) is 78.6 Å². The van der Waals surface area contributed by atoms with Crippen molar-refractivity contribution in [3.63, 3.8) is 0 Å². The van der Waals surface area contributed by atoms with Crippen molar-refractivity contribution in [2.45, 2.75) is 38.6 Å². The summed E-state index contributed by atoms with van der Waals surface area (Å²) in [6.07, 6.45) is 6.36. The normalized spacial score (nSPS) is 18.5. The molecule has 1 N–H and O–H groups in total. The van der Waals surface area contributed by atoms with Gasteiger partial charge in [0.2, 0.25) is 0 Å². The van der Waals surface area contributed by atoms with Crippen LogP contribution in [0.2, 0.25) is 0 Å². The number of nitrogens with zero attached hydrogens (tertiary/aromatic N) is 5. The lowest BCUT2D eigenvalue weighted by atomic mass is 10.0. The van der Waals surface area contributed by atoms with E-state index in [1.165, 1.54) is 16.7 Å². The Balaban J connectivity index is 1.71. The molecule has 1 aliphatic rings. The zero-order valence-electron chi connectivity index (χ0n) is 18.6. The number of likely N-dealkylation sites (tertiary alicyclic amines) is 1. The van der Waals surface area contributed by atoms with Crippen LogP contribution in [0.5, 0.6) is 0 Å². The lowest BCUT2D eigenvalue weighted by Crippen LogP contribution is -2.40. The SMILES string of the molecule is CCNC(=NCC(c1ccc(CC)cc1)N(C)C)N1CCC(c2cnn(C)c2)C1. The first kappa shape index (κ1) is 21.4. The summed E-state index contributed by atoms with van der Waals surface area (Å²) in [4.78, 5) is 9.70. The van der Waals surface area contributed by atoms with E-state index in [0.717, 1.165) is 45.0 Å². The van der Waals surface area contributed by atoms with Crippen molar-refractivity contribution in [3.05, 3.63) is 53.3 Å². The Kier molecular flexibility index (Phi) is 7.31. The second-order valence-corrected chi connectivity index (χ2v) is 8.15. The third-order valence-corrected chi connectivity index (χ3v) is 5.83. The molecule has 6 heteroatoms. The molecule has 0 aliphatic carbocycles. The van der Waals surface area contributed by atoms with Gasteiger partial charge in [-0.1, -0.05) is 31.2 Å². The van der Waals surface area contributed by atoms with Gasteiger partial charge in [0.05, 0.1) is 18.8 Å². The fourth-order valence-corrected chi connectivity index (χ4v) is 4.02. The molecular formula is C23H36N6. The van der Waals surface area contributed by atoms with Gasteiger partial charge in [0.25, 0.3) is 0 Å². The largest absolute Gasteiger partial charge is 0.357 e. The molecule has 6 nitrogen and oxygen atoms in total. The minimum absolute atomic E-state index is 0.270. The first-order valence-electron chi connectivity index (χ1n) is 10.8. The van der Waals surface area contributed by atoms with Crippen LogP contribution < -0.4 is 5.32 Å². The van der Waals surface area contributed by atoms with Crippen molar-refractivity contribution in [2.75, 3.05) is 40.3 Å². The number of hydrogen-bond acceptors (Lipinski definition) is 3. The van der Waals surface area contributed by atoms with Gasteiger partial charge in [-0.2, -0.15) is 5.10 Å². The Morgan fingerprint density at radius 1 is 1.28 bits per heavy atom. The number of likely N-dealkylation sites (N-methyl/N-ethyl adjacent to an activating group) is 1. The second kappa shape index (κ2) is 9.92. The number of guanidine groups is 1. The molecule has 2 atom stereocenters. The highest BCUT2D eigenvalue weighted by Crippen LogP contribution is 2.27. The summed E-state index contributed by atoms with van der Waals surface area (Å²) in [5.41, 5.74) is 4.02. The van der Waals surface area contributed by atoms with E-state index in [9.17, 15) is 0 Å². The maximum atomic E-state index is 5.04. The van der Waals surface area contributed by atoms with E-state index in [-0.39, 0.29) is 6.04 Å². The average molecular weight is 397 g/mol. The number of hydrogen-bond donors (Lipinski definition) is 1. The van der Waals surface area contributed by atoms with E-state index in [1.807, 2.05) is 17.9 Å². The third-order valence-electron chi connectivity index (χ3n) is 5.83. The summed E-state index contributed by atoms with van der Waals surface area (Å²) in [5, 5.41) is 7.84. The van der Waals surface area contributed by atoms with Crippen LogP contribution in [-0.4, -0.2) is 65.8 Å². The Morgan fingerprint density at radius 2 is 2.03 bits per heavy atom. The van der Waals surface area contributed by atoms with Gasteiger partial charge < -0.3 is 15.1 Å². The van der Waals surface area contributed by atoms with Crippen LogP contribution in [0.4, 0.5) is 0 Å². The maximum Gasteiger partial charge on any atom is 0.194 e. The fraction of sp³-hybridized carbons (Fsp3) is 0.565. The van der Waals surface area contributed by atoms with Gasteiger partial charge in [0.1, 0.15) is 0 Å². The molecule has 3 rings (SSSR count). The van der Waals surface area contributed by atoms with E-state index in [4.69, 9.17) is 4.99 Å². The van der Waals surface area contributed by atoms with Gasteiger partial charge in [-0.25, -0.2) is 0 Å². The fourth-order valence-electron chi connectivity index (χ4n) is 4.02. The van der Waals surface area contributed by atoms with Gasteiger partial charge >= 0.3 is 0 Å².